The zero-order valence-corrected chi connectivity index (χ0v) is 11.4. The fourth-order valence-electron chi connectivity index (χ4n) is 2.68. The molecule has 1 atom stereocenters. The number of carbonyl (C=O) groups excluding carboxylic acids is 1. The van der Waals surface area contributed by atoms with Gasteiger partial charge in [0.15, 0.2) is 0 Å². The third-order valence-electron chi connectivity index (χ3n) is 4.02. The zero-order valence-electron chi connectivity index (χ0n) is 11.4. The molecule has 2 aliphatic heterocycles. The third-order valence-corrected chi connectivity index (χ3v) is 4.02. The lowest BCUT2D eigenvalue weighted by molar-refractivity contribution is -0.147. The van der Waals surface area contributed by atoms with Crippen LogP contribution in [0.3, 0.4) is 0 Å². The van der Waals surface area contributed by atoms with Gasteiger partial charge in [0, 0.05) is 25.8 Å². The van der Waals surface area contributed by atoms with Gasteiger partial charge in [-0.3, -0.25) is 14.5 Å². The van der Waals surface area contributed by atoms with E-state index in [2.05, 4.69) is 5.32 Å². The Balaban J connectivity index is 1.75. The van der Waals surface area contributed by atoms with Crippen LogP contribution in [0.15, 0.2) is 0 Å². The number of rotatable bonds is 4. The number of carbonyl (C=O) groups is 2. The van der Waals surface area contributed by atoms with E-state index in [0.717, 1.165) is 12.8 Å². The first-order chi connectivity index (χ1) is 8.99. The summed E-state index contributed by atoms with van der Waals surface area (Å²) in [5.74, 6) is -0.790. The highest BCUT2D eigenvalue weighted by atomic mass is 16.5. The zero-order chi connectivity index (χ0) is 13.9. The highest BCUT2D eigenvalue weighted by Crippen LogP contribution is 2.29. The van der Waals surface area contributed by atoms with Crippen molar-refractivity contribution in [3.63, 3.8) is 0 Å². The second-order valence-electron chi connectivity index (χ2n) is 5.78. The average molecular weight is 270 g/mol. The molecule has 0 bridgehead atoms. The lowest BCUT2D eigenvalue weighted by Crippen LogP contribution is -2.44. The molecular formula is C13H22N2O4. The summed E-state index contributed by atoms with van der Waals surface area (Å²) in [6, 6.07) is 0.203. The Labute approximate surface area is 113 Å². The van der Waals surface area contributed by atoms with Crippen molar-refractivity contribution < 1.29 is 19.4 Å². The Bertz CT molecular complexity index is 355. The summed E-state index contributed by atoms with van der Waals surface area (Å²) in [6.45, 7) is 4.55. The number of hydrogen-bond acceptors (Lipinski definition) is 4. The van der Waals surface area contributed by atoms with Gasteiger partial charge in [-0.05, 0) is 32.7 Å². The van der Waals surface area contributed by atoms with E-state index in [4.69, 9.17) is 9.84 Å². The van der Waals surface area contributed by atoms with Crippen molar-refractivity contribution in [1.82, 2.24) is 10.2 Å². The molecule has 0 aliphatic carbocycles. The highest BCUT2D eigenvalue weighted by Gasteiger charge is 2.40. The van der Waals surface area contributed by atoms with E-state index >= 15 is 0 Å². The summed E-state index contributed by atoms with van der Waals surface area (Å²) < 4.78 is 5.24. The Kier molecular flexibility index (Phi) is 4.42. The molecule has 2 N–H and O–H groups in total. The van der Waals surface area contributed by atoms with Gasteiger partial charge >= 0.3 is 5.97 Å². The molecule has 0 radical (unpaired) electrons. The third kappa shape index (κ3) is 3.67. The first kappa shape index (κ1) is 14.3. The number of ether oxygens (including phenoxy) is 1. The van der Waals surface area contributed by atoms with E-state index in [1.165, 1.54) is 0 Å². The molecule has 0 spiro atoms. The number of aliphatic carboxylic acids is 1. The van der Waals surface area contributed by atoms with Crippen LogP contribution in [0.5, 0.6) is 0 Å². The van der Waals surface area contributed by atoms with E-state index in [1.807, 2.05) is 4.90 Å². The molecule has 2 heterocycles. The van der Waals surface area contributed by atoms with Crippen molar-refractivity contribution in [2.24, 2.45) is 5.41 Å². The molecule has 2 rings (SSSR count). The lowest BCUT2D eigenvalue weighted by Gasteiger charge is -2.25. The minimum absolute atomic E-state index is 0.0125. The standard InChI is InChI=1S/C13H22N2O4/c1-13(12(17)18)4-5-15(9-13)8-11(16)14-10-2-6-19-7-3-10/h10H,2-9H2,1H3,(H,14,16)(H,17,18). The van der Waals surface area contributed by atoms with Crippen LogP contribution in [0.4, 0.5) is 0 Å². The maximum absolute atomic E-state index is 11.9. The molecule has 0 aromatic carbocycles. The Morgan fingerprint density at radius 3 is 2.68 bits per heavy atom. The number of likely N-dealkylation sites (tertiary alicyclic amines) is 1. The predicted octanol–water partition coefficient (Wildman–Crippen LogP) is 0.0782. The van der Waals surface area contributed by atoms with Crippen molar-refractivity contribution in [1.29, 1.82) is 0 Å². The van der Waals surface area contributed by atoms with Gasteiger partial charge in [-0.2, -0.15) is 0 Å². The molecule has 0 aromatic heterocycles. The van der Waals surface area contributed by atoms with Gasteiger partial charge in [0.1, 0.15) is 0 Å². The molecule has 6 heteroatoms. The van der Waals surface area contributed by atoms with Crippen LogP contribution >= 0.6 is 0 Å². The van der Waals surface area contributed by atoms with Crippen LogP contribution in [-0.4, -0.2) is 60.8 Å². The summed E-state index contributed by atoms with van der Waals surface area (Å²) >= 11 is 0. The molecule has 1 unspecified atom stereocenters. The molecule has 0 aromatic rings. The predicted molar refractivity (Wildman–Crippen MR) is 68.8 cm³/mol. The molecule has 2 aliphatic rings. The largest absolute Gasteiger partial charge is 0.481 e. The molecule has 2 saturated heterocycles. The number of hydrogen-bond donors (Lipinski definition) is 2. The second kappa shape index (κ2) is 5.88. The normalized spacial score (nSPS) is 29.3. The number of nitrogens with zero attached hydrogens (tertiary/aromatic N) is 1. The Morgan fingerprint density at radius 2 is 2.11 bits per heavy atom. The average Bonchev–Trinajstić information content (AvgIpc) is 2.73. The summed E-state index contributed by atoms with van der Waals surface area (Å²) in [6.07, 6.45) is 2.32. The van der Waals surface area contributed by atoms with Gasteiger partial charge in [-0.15, -0.1) is 0 Å². The topological polar surface area (TPSA) is 78.9 Å². The van der Waals surface area contributed by atoms with Crippen LogP contribution < -0.4 is 5.32 Å². The Hall–Kier alpha value is -1.14. The van der Waals surface area contributed by atoms with E-state index in [-0.39, 0.29) is 11.9 Å². The van der Waals surface area contributed by atoms with Gasteiger partial charge in [0.05, 0.1) is 12.0 Å². The van der Waals surface area contributed by atoms with Crippen LogP contribution in [0, 0.1) is 5.41 Å². The smallest absolute Gasteiger partial charge is 0.310 e. The van der Waals surface area contributed by atoms with Crippen LogP contribution in [0.1, 0.15) is 26.2 Å². The van der Waals surface area contributed by atoms with Crippen LogP contribution in [0.25, 0.3) is 0 Å². The van der Waals surface area contributed by atoms with E-state index in [9.17, 15) is 9.59 Å². The summed E-state index contributed by atoms with van der Waals surface area (Å²) in [7, 11) is 0. The van der Waals surface area contributed by atoms with Crippen molar-refractivity contribution in [3.05, 3.63) is 0 Å². The van der Waals surface area contributed by atoms with Gasteiger partial charge in [-0.25, -0.2) is 0 Å². The maximum atomic E-state index is 11.9. The van der Waals surface area contributed by atoms with Gasteiger partial charge in [0.25, 0.3) is 0 Å². The summed E-state index contributed by atoms with van der Waals surface area (Å²) in [4.78, 5) is 25.0. The SMILES string of the molecule is CC1(C(=O)O)CCN(CC(=O)NC2CCOCC2)C1. The fourth-order valence-corrected chi connectivity index (χ4v) is 2.68. The summed E-state index contributed by atoms with van der Waals surface area (Å²) in [5.41, 5.74) is -0.709. The molecule has 6 nitrogen and oxygen atoms in total. The van der Waals surface area contributed by atoms with Crippen LogP contribution in [-0.2, 0) is 14.3 Å². The van der Waals surface area contributed by atoms with E-state index < -0.39 is 11.4 Å². The first-order valence-electron chi connectivity index (χ1n) is 6.82. The van der Waals surface area contributed by atoms with Crippen molar-refractivity contribution in [3.8, 4) is 0 Å². The maximum Gasteiger partial charge on any atom is 0.310 e. The van der Waals surface area contributed by atoms with Crippen molar-refractivity contribution in [2.45, 2.75) is 32.2 Å². The first-order valence-corrected chi connectivity index (χ1v) is 6.82. The molecule has 0 saturated carbocycles. The molecule has 2 fully saturated rings. The minimum atomic E-state index is -0.778. The van der Waals surface area contributed by atoms with E-state index in [1.54, 1.807) is 6.92 Å². The van der Waals surface area contributed by atoms with E-state index in [0.29, 0.717) is 39.3 Å². The van der Waals surface area contributed by atoms with Gasteiger partial charge < -0.3 is 15.2 Å². The molecular weight excluding hydrogens is 248 g/mol. The van der Waals surface area contributed by atoms with Gasteiger partial charge in [0.2, 0.25) is 5.91 Å². The minimum Gasteiger partial charge on any atom is -0.481 e. The second-order valence-corrected chi connectivity index (χ2v) is 5.78. The van der Waals surface area contributed by atoms with Crippen molar-refractivity contribution in [2.75, 3.05) is 32.8 Å². The molecule has 19 heavy (non-hydrogen) atoms. The monoisotopic (exact) mass is 270 g/mol. The molecule has 108 valence electrons. The fraction of sp³-hybridized carbons (Fsp3) is 0.846. The van der Waals surface area contributed by atoms with Crippen LogP contribution in [0.2, 0.25) is 0 Å². The van der Waals surface area contributed by atoms with Gasteiger partial charge in [-0.1, -0.05) is 0 Å². The number of nitrogens with one attached hydrogen (secondary N) is 1. The molecule has 1 amide bonds. The highest BCUT2D eigenvalue weighted by molar-refractivity contribution is 5.79. The number of carboxylic acids is 1. The number of amides is 1. The summed E-state index contributed by atoms with van der Waals surface area (Å²) in [5, 5.41) is 12.1. The Morgan fingerprint density at radius 1 is 1.42 bits per heavy atom. The van der Waals surface area contributed by atoms with Crippen molar-refractivity contribution >= 4 is 11.9 Å². The quantitative estimate of drug-likeness (QED) is 0.756. The lowest BCUT2D eigenvalue weighted by atomic mass is 9.90. The number of carboxylic acid groups (broad SMARTS) is 1.